The van der Waals surface area contributed by atoms with E-state index in [-0.39, 0.29) is 15.8 Å². The normalized spacial score (nSPS) is 16.5. The molecule has 0 saturated carbocycles. The van der Waals surface area contributed by atoms with Crippen LogP contribution in [0.5, 0.6) is 11.5 Å². The van der Waals surface area contributed by atoms with Crippen LogP contribution in [-0.2, 0) is 9.59 Å². The average molecular weight is 404 g/mol. The number of halogens is 1. The lowest BCUT2D eigenvalue weighted by atomic mass is 10.2. The predicted octanol–water partition coefficient (Wildman–Crippen LogP) is 2.45. The maximum absolute atomic E-state index is 12.2. The number of rotatable bonds is 4. The average Bonchev–Trinajstić information content (AvgIpc) is 2.69. The lowest BCUT2D eigenvalue weighted by Gasteiger charge is -2.10. The Balaban J connectivity index is 2.36. The number of benzene rings is 1. The van der Waals surface area contributed by atoms with Crippen LogP contribution in [0.4, 0.5) is 0 Å². The molecule has 0 spiro atoms. The highest BCUT2D eigenvalue weighted by atomic mass is 79.9. The van der Waals surface area contributed by atoms with Crippen LogP contribution in [-0.4, -0.2) is 45.0 Å². The van der Waals surface area contributed by atoms with E-state index in [4.69, 9.17) is 22.1 Å². The minimum absolute atomic E-state index is 0.0371. The molecule has 116 valence electrons. The largest absolute Gasteiger partial charge is 0.504 e. The van der Waals surface area contributed by atoms with Crippen LogP contribution in [0.25, 0.3) is 6.08 Å². The fourth-order valence-electron chi connectivity index (χ4n) is 1.75. The summed E-state index contributed by atoms with van der Waals surface area (Å²) in [7, 11) is 1.42. The van der Waals surface area contributed by atoms with Crippen molar-refractivity contribution in [3.8, 4) is 11.5 Å². The zero-order chi connectivity index (χ0) is 16.4. The zero-order valence-corrected chi connectivity index (χ0v) is 14.4. The number of carboxylic acid groups (broad SMARTS) is 1. The number of hydrogen-bond donors (Lipinski definition) is 2. The molecule has 1 aliphatic heterocycles. The summed E-state index contributed by atoms with van der Waals surface area (Å²) in [5.74, 6) is -1.37. The second-order valence-corrected chi connectivity index (χ2v) is 6.74. The SMILES string of the molecule is COc1cc(C=C2SC(=S)N(CC(=O)O)C2=O)c(Br)cc1O. The number of amides is 1. The number of aromatic hydroxyl groups is 1. The molecule has 2 N–H and O–H groups in total. The van der Waals surface area contributed by atoms with Gasteiger partial charge in [0.2, 0.25) is 0 Å². The first kappa shape index (κ1) is 16.8. The molecule has 0 atom stereocenters. The van der Waals surface area contributed by atoms with Gasteiger partial charge in [-0.05, 0) is 23.8 Å². The molecule has 1 heterocycles. The number of phenolic OH excluding ortho intramolecular Hbond substituents is 1. The van der Waals surface area contributed by atoms with Gasteiger partial charge < -0.3 is 14.9 Å². The number of carbonyl (C=O) groups excluding carboxylic acids is 1. The smallest absolute Gasteiger partial charge is 0.323 e. The minimum Gasteiger partial charge on any atom is -0.504 e. The third kappa shape index (κ3) is 3.42. The number of aliphatic carboxylic acids is 1. The molecule has 0 unspecified atom stereocenters. The molecule has 9 heteroatoms. The second-order valence-electron chi connectivity index (χ2n) is 4.21. The van der Waals surface area contributed by atoms with Gasteiger partial charge in [-0.3, -0.25) is 14.5 Å². The van der Waals surface area contributed by atoms with Crippen molar-refractivity contribution >= 4 is 62.2 Å². The quantitative estimate of drug-likeness (QED) is 0.589. The first-order chi connectivity index (χ1) is 10.3. The first-order valence-corrected chi connectivity index (χ1v) is 7.89. The van der Waals surface area contributed by atoms with Crippen molar-refractivity contribution in [3.63, 3.8) is 0 Å². The molecule has 0 bridgehead atoms. The highest BCUT2D eigenvalue weighted by Crippen LogP contribution is 2.37. The number of ether oxygens (including phenoxy) is 1. The molecule has 1 fully saturated rings. The number of thiocarbonyl (C=S) groups is 1. The molecule has 1 aliphatic rings. The van der Waals surface area contributed by atoms with Crippen molar-refractivity contribution in [1.82, 2.24) is 4.90 Å². The van der Waals surface area contributed by atoms with Gasteiger partial charge >= 0.3 is 5.97 Å². The summed E-state index contributed by atoms with van der Waals surface area (Å²) in [6.07, 6.45) is 1.56. The van der Waals surface area contributed by atoms with Crippen LogP contribution >= 0.6 is 39.9 Å². The van der Waals surface area contributed by atoms with Gasteiger partial charge in [-0.25, -0.2) is 0 Å². The molecule has 22 heavy (non-hydrogen) atoms. The first-order valence-electron chi connectivity index (χ1n) is 5.87. The van der Waals surface area contributed by atoms with Gasteiger partial charge in [-0.1, -0.05) is 39.9 Å². The number of thioether (sulfide) groups is 1. The maximum atomic E-state index is 12.2. The Labute approximate surface area is 143 Å². The minimum atomic E-state index is -1.13. The van der Waals surface area contributed by atoms with E-state index in [0.29, 0.717) is 14.9 Å². The fourth-order valence-corrected chi connectivity index (χ4v) is 3.44. The van der Waals surface area contributed by atoms with Crippen molar-refractivity contribution in [1.29, 1.82) is 0 Å². The number of carbonyl (C=O) groups is 2. The van der Waals surface area contributed by atoms with Crippen molar-refractivity contribution in [3.05, 3.63) is 27.1 Å². The van der Waals surface area contributed by atoms with Crippen LogP contribution < -0.4 is 4.74 Å². The molecule has 0 aliphatic carbocycles. The van der Waals surface area contributed by atoms with E-state index >= 15 is 0 Å². The number of nitrogens with zero attached hydrogens (tertiary/aromatic N) is 1. The van der Waals surface area contributed by atoms with Crippen LogP contribution in [0.3, 0.4) is 0 Å². The van der Waals surface area contributed by atoms with E-state index in [0.717, 1.165) is 16.7 Å². The predicted molar refractivity (Wildman–Crippen MR) is 89.9 cm³/mol. The monoisotopic (exact) mass is 403 g/mol. The standard InChI is InChI=1S/C13H10BrNO5S2/c1-20-9-2-6(7(14)4-8(9)16)3-10-12(19)15(5-11(17)18)13(21)22-10/h2-4,16H,5H2,1H3,(H,17,18). The van der Waals surface area contributed by atoms with Gasteiger partial charge in [0.25, 0.3) is 5.91 Å². The molecule has 0 aromatic heterocycles. The summed E-state index contributed by atoms with van der Waals surface area (Å²) in [4.78, 5) is 24.3. The highest BCUT2D eigenvalue weighted by Gasteiger charge is 2.33. The fraction of sp³-hybridized carbons (Fsp3) is 0.154. The molecule has 1 saturated heterocycles. The zero-order valence-electron chi connectivity index (χ0n) is 11.2. The summed E-state index contributed by atoms with van der Waals surface area (Å²) in [5.41, 5.74) is 0.602. The van der Waals surface area contributed by atoms with Gasteiger partial charge in [0.05, 0.1) is 12.0 Å². The van der Waals surface area contributed by atoms with Crippen LogP contribution in [0.15, 0.2) is 21.5 Å². The molecule has 6 nitrogen and oxygen atoms in total. The third-order valence-corrected chi connectivity index (χ3v) is 4.82. The van der Waals surface area contributed by atoms with Gasteiger partial charge in [0.1, 0.15) is 10.9 Å². The second kappa shape index (κ2) is 6.67. The highest BCUT2D eigenvalue weighted by molar-refractivity contribution is 9.10. The van der Waals surface area contributed by atoms with Crippen LogP contribution in [0.2, 0.25) is 0 Å². The summed E-state index contributed by atoms with van der Waals surface area (Å²) in [6.45, 7) is -0.470. The molecular formula is C13H10BrNO5S2. The number of carboxylic acids is 1. The van der Waals surface area contributed by atoms with Gasteiger partial charge in [0, 0.05) is 4.47 Å². The Morgan fingerprint density at radius 1 is 1.55 bits per heavy atom. The Morgan fingerprint density at radius 2 is 2.23 bits per heavy atom. The van der Waals surface area contributed by atoms with Crippen LogP contribution in [0.1, 0.15) is 5.56 Å². The Bertz CT molecular complexity index is 704. The van der Waals surface area contributed by atoms with Gasteiger partial charge in [-0.2, -0.15) is 0 Å². The van der Waals surface area contributed by atoms with Crippen molar-refractivity contribution in [2.24, 2.45) is 0 Å². The molecule has 1 amide bonds. The number of phenols is 1. The van der Waals surface area contributed by atoms with Crippen molar-refractivity contribution in [2.75, 3.05) is 13.7 Å². The number of methoxy groups -OCH3 is 1. The Kier molecular flexibility index (Phi) is 5.09. The van der Waals surface area contributed by atoms with E-state index in [1.54, 1.807) is 12.1 Å². The van der Waals surface area contributed by atoms with E-state index in [2.05, 4.69) is 15.9 Å². The Morgan fingerprint density at radius 3 is 2.82 bits per heavy atom. The maximum Gasteiger partial charge on any atom is 0.323 e. The van der Waals surface area contributed by atoms with Gasteiger partial charge in [-0.15, -0.1) is 0 Å². The van der Waals surface area contributed by atoms with Crippen molar-refractivity contribution in [2.45, 2.75) is 0 Å². The molecule has 0 radical (unpaired) electrons. The summed E-state index contributed by atoms with van der Waals surface area (Å²) >= 11 is 9.33. The topological polar surface area (TPSA) is 87.1 Å². The molecule has 1 aromatic carbocycles. The van der Waals surface area contributed by atoms with E-state index in [9.17, 15) is 14.7 Å². The number of hydrogen-bond acceptors (Lipinski definition) is 6. The lowest BCUT2D eigenvalue weighted by molar-refractivity contribution is -0.140. The molecular weight excluding hydrogens is 394 g/mol. The molecule has 2 rings (SSSR count). The van der Waals surface area contributed by atoms with E-state index in [1.807, 2.05) is 0 Å². The lowest BCUT2D eigenvalue weighted by Crippen LogP contribution is -2.33. The van der Waals surface area contributed by atoms with E-state index < -0.39 is 18.4 Å². The van der Waals surface area contributed by atoms with Gasteiger partial charge in [0.15, 0.2) is 11.5 Å². The Hall–Kier alpha value is -1.58. The summed E-state index contributed by atoms with van der Waals surface area (Å²) in [5, 5.41) is 18.5. The van der Waals surface area contributed by atoms with Crippen molar-refractivity contribution < 1.29 is 24.5 Å². The molecule has 1 aromatic rings. The summed E-state index contributed by atoms with van der Waals surface area (Å²) < 4.78 is 5.78. The summed E-state index contributed by atoms with van der Waals surface area (Å²) in [6, 6.07) is 3.01. The van der Waals surface area contributed by atoms with E-state index in [1.165, 1.54) is 13.2 Å². The van der Waals surface area contributed by atoms with Crippen LogP contribution in [0, 0.1) is 0 Å². The third-order valence-electron chi connectivity index (χ3n) is 2.75.